The summed E-state index contributed by atoms with van der Waals surface area (Å²) >= 11 is 0. The molecule has 0 bridgehead atoms. The van der Waals surface area contributed by atoms with Crippen molar-refractivity contribution >= 4 is 5.97 Å². The Kier molecular flexibility index (Phi) is 4.17. The van der Waals surface area contributed by atoms with Crippen LogP contribution in [0.1, 0.15) is 12.6 Å². The Labute approximate surface area is 104 Å². The fourth-order valence-electron chi connectivity index (χ4n) is 1.40. The van der Waals surface area contributed by atoms with E-state index in [0.717, 1.165) is 7.11 Å². The quantitative estimate of drug-likeness (QED) is 0.811. The van der Waals surface area contributed by atoms with Gasteiger partial charge in [0.15, 0.2) is 0 Å². The van der Waals surface area contributed by atoms with Crippen molar-refractivity contribution in [1.82, 2.24) is 9.55 Å². The number of hydrogen-bond acceptors (Lipinski definition) is 4. The molecule has 0 aliphatic heterocycles. The average Bonchev–Trinajstić information content (AvgIpc) is 2.30. The molecule has 1 aromatic rings. The van der Waals surface area contributed by atoms with Crippen molar-refractivity contribution in [1.29, 1.82) is 0 Å². The maximum Gasteiger partial charge on any atom is 0.431 e. The van der Waals surface area contributed by atoms with Gasteiger partial charge in [0.1, 0.15) is 5.69 Å². The highest BCUT2D eigenvalue weighted by Crippen LogP contribution is 2.25. The van der Waals surface area contributed by atoms with Gasteiger partial charge in [-0.15, -0.1) is 0 Å². The van der Waals surface area contributed by atoms with Crippen LogP contribution in [0, 0.1) is 5.92 Å². The van der Waals surface area contributed by atoms with Gasteiger partial charge in [-0.2, -0.15) is 13.2 Å². The van der Waals surface area contributed by atoms with Gasteiger partial charge >= 0.3 is 17.8 Å². The first-order valence-corrected chi connectivity index (χ1v) is 5.16. The standard InChI is InChI=1S/C10H11F3N2O4/c1-5(8(17)19-2)4-15-7(16)3-6(10(11,12)13)14-9(15)18/h3,5H,4H2,1-2H3,(H,14,18). The number of carbonyl (C=O) groups excluding carboxylic acids is 1. The molecule has 6 nitrogen and oxygen atoms in total. The first-order valence-electron chi connectivity index (χ1n) is 5.16. The maximum absolute atomic E-state index is 12.3. The molecule has 0 radical (unpaired) electrons. The molecule has 1 heterocycles. The summed E-state index contributed by atoms with van der Waals surface area (Å²) in [5.41, 5.74) is -3.79. The number of aromatic nitrogens is 2. The Morgan fingerprint density at radius 1 is 1.47 bits per heavy atom. The number of halogens is 3. The van der Waals surface area contributed by atoms with Gasteiger partial charge in [-0.1, -0.05) is 6.92 Å². The molecule has 0 aromatic carbocycles. The summed E-state index contributed by atoms with van der Waals surface area (Å²) in [5, 5.41) is 0. The minimum Gasteiger partial charge on any atom is -0.469 e. The van der Waals surface area contributed by atoms with Crippen LogP contribution in [-0.2, 0) is 22.3 Å². The van der Waals surface area contributed by atoms with E-state index in [0.29, 0.717) is 4.57 Å². The van der Waals surface area contributed by atoms with Crippen molar-refractivity contribution in [3.05, 3.63) is 32.6 Å². The molecule has 1 rings (SSSR count). The molecule has 0 amide bonds. The molecule has 106 valence electrons. The number of H-pyrrole nitrogens is 1. The lowest BCUT2D eigenvalue weighted by Gasteiger charge is -2.11. The van der Waals surface area contributed by atoms with Crippen LogP contribution in [-0.4, -0.2) is 22.6 Å². The number of hydrogen-bond donors (Lipinski definition) is 1. The number of carbonyl (C=O) groups is 1. The fourth-order valence-corrected chi connectivity index (χ4v) is 1.40. The number of rotatable bonds is 3. The molecular formula is C10H11F3N2O4. The molecule has 0 fully saturated rings. The molecule has 1 N–H and O–H groups in total. The van der Waals surface area contributed by atoms with Gasteiger partial charge in [-0.3, -0.25) is 14.2 Å². The van der Waals surface area contributed by atoms with Crippen LogP contribution in [0.4, 0.5) is 13.2 Å². The zero-order valence-corrected chi connectivity index (χ0v) is 10.1. The van der Waals surface area contributed by atoms with Crippen molar-refractivity contribution in [3.8, 4) is 0 Å². The minimum absolute atomic E-state index is 0.269. The Bertz CT molecular complexity index is 556. The highest BCUT2D eigenvalue weighted by Gasteiger charge is 2.33. The lowest BCUT2D eigenvalue weighted by Crippen LogP contribution is -2.39. The third kappa shape index (κ3) is 3.46. The number of esters is 1. The van der Waals surface area contributed by atoms with Gasteiger partial charge < -0.3 is 9.72 Å². The second kappa shape index (κ2) is 5.29. The topological polar surface area (TPSA) is 81.2 Å². The zero-order valence-electron chi connectivity index (χ0n) is 10.1. The van der Waals surface area contributed by atoms with E-state index in [-0.39, 0.29) is 12.6 Å². The Balaban J connectivity index is 3.16. The normalized spacial score (nSPS) is 13.1. The minimum atomic E-state index is -4.81. The Morgan fingerprint density at radius 2 is 2.05 bits per heavy atom. The summed E-state index contributed by atoms with van der Waals surface area (Å²) in [5.74, 6) is -1.51. The smallest absolute Gasteiger partial charge is 0.431 e. The summed E-state index contributed by atoms with van der Waals surface area (Å²) in [7, 11) is 1.12. The molecule has 0 aliphatic rings. The Morgan fingerprint density at radius 3 is 2.47 bits per heavy atom. The first-order chi connectivity index (χ1) is 8.66. The average molecular weight is 280 g/mol. The van der Waals surface area contributed by atoms with Crippen molar-refractivity contribution in [2.24, 2.45) is 5.92 Å². The van der Waals surface area contributed by atoms with Crippen LogP contribution in [0.15, 0.2) is 15.7 Å². The SMILES string of the molecule is COC(=O)C(C)Cn1c(=O)cc(C(F)(F)F)[nH]c1=O. The van der Waals surface area contributed by atoms with Gasteiger partial charge in [0, 0.05) is 12.6 Å². The number of aromatic amines is 1. The van der Waals surface area contributed by atoms with Gasteiger partial charge in [-0.25, -0.2) is 4.79 Å². The summed E-state index contributed by atoms with van der Waals surface area (Å²) < 4.78 is 41.9. The molecular weight excluding hydrogens is 269 g/mol. The third-order valence-corrected chi connectivity index (χ3v) is 2.39. The molecule has 9 heteroatoms. The molecule has 0 saturated carbocycles. The van der Waals surface area contributed by atoms with Gasteiger partial charge in [0.2, 0.25) is 0 Å². The highest BCUT2D eigenvalue weighted by atomic mass is 19.4. The van der Waals surface area contributed by atoms with Crippen LogP contribution < -0.4 is 11.2 Å². The number of alkyl halides is 3. The van der Waals surface area contributed by atoms with E-state index < -0.39 is 35.0 Å². The second-order valence-corrected chi connectivity index (χ2v) is 3.86. The molecule has 19 heavy (non-hydrogen) atoms. The van der Waals surface area contributed by atoms with E-state index in [1.165, 1.54) is 6.92 Å². The monoisotopic (exact) mass is 280 g/mol. The number of ether oxygens (including phenoxy) is 1. The largest absolute Gasteiger partial charge is 0.469 e. The molecule has 1 unspecified atom stereocenters. The highest BCUT2D eigenvalue weighted by molar-refractivity contribution is 5.71. The molecule has 1 aromatic heterocycles. The van der Waals surface area contributed by atoms with E-state index in [4.69, 9.17) is 0 Å². The predicted octanol–water partition coefficient (Wildman–Crippen LogP) is 0.365. The van der Waals surface area contributed by atoms with Crippen molar-refractivity contribution in [2.45, 2.75) is 19.6 Å². The van der Waals surface area contributed by atoms with Crippen LogP contribution in [0.5, 0.6) is 0 Å². The molecule has 1 atom stereocenters. The number of nitrogens with zero attached hydrogens (tertiary/aromatic N) is 1. The predicted molar refractivity (Wildman–Crippen MR) is 57.5 cm³/mol. The summed E-state index contributed by atoms with van der Waals surface area (Å²) in [6.45, 7) is 1.02. The third-order valence-electron chi connectivity index (χ3n) is 2.39. The first kappa shape index (κ1) is 15.0. The molecule has 0 aliphatic carbocycles. The lowest BCUT2D eigenvalue weighted by molar-refractivity contribution is -0.145. The van der Waals surface area contributed by atoms with E-state index in [2.05, 4.69) is 4.74 Å². The van der Waals surface area contributed by atoms with E-state index in [1.54, 1.807) is 4.98 Å². The van der Waals surface area contributed by atoms with Crippen molar-refractivity contribution in [2.75, 3.05) is 7.11 Å². The van der Waals surface area contributed by atoms with Crippen LogP contribution in [0.3, 0.4) is 0 Å². The van der Waals surface area contributed by atoms with Gasteiger partial charge in [0.25, 0.3) is 5.56 Å². The van der Waals surface area contributed by atoms with Crippen molar-refractivity contribution in [3.63, 3.8) is 0 Å². The lowest BCUT2D eigenvalue weighted by atomic mass is 10.2. The fraction of sp³-hybridized carbons (Fsp3) is 0.500. The molecule has 0 spiro atoms. The van der Waals surface area contributed by atoms with Crippen LogP contribution in [0.2, 0.25) is 0 Å². The van der Waals surface area contributed by atoms with Gasteiger partial charge in [0.05, 0.1) is 13.0 Å². The van der Waals surface area contributed by atoms with E-state index >= 15 is 0 Å². The van der Waals surface area contributed by atoms with Crippen molar-refractivity contribution < 1.29 is 22.7 Å². The summed E-state index contributed by atoms with van der Waals surface area (Å²) in [6, 6.07) is 0.269. The van der Waals surface area contributed by atoms with Gasteiger partial charge in [-0.05, 0) is 0 Å². The summed E-state index contributed by atoms with van der Waals surface area (Å²) in [4.78, 5) is 35.5. The number of methoxy groups -OCH3 is 1. The number of nitrogens with one attached hydrogen (secondary N) is 1. The van der Waals surface area contributed by atoms with Crippen LogP contribution >= 0.6 is 0 Å². The maximum atomic E-state index is 12.3. The summed E-state index contributed by atoms with van der Waals surface area (Å²) in [6.07, 6.45) is -4.81. The van der Waals surface area contributed by atoms with Crippen LogP contribution in [0.25, 0.3) is 0 Å². The zero-order chi connectivity index (χ0) is 14.8. The Hall–Kier alpha value is -2.06. The van der Waals surface area contributed by atoms with E-state index in [9.17, 15) is 27.6 Å². The molecule has 0 saturated heterocycles. The van der Waals surface area contributed by atoms with E-state index in [1.807, 2.05) is 0 Å². The second-order valence-electron chi connectivity index (χ2n) is 3.86.